The van der Waals surface area contributed by atoms with Gasteiger partial charge in [-0.05, 0) is 0 Å². The normalized spacial score (nSPS) is 0. The third-order valence-electron chi connectivity index (χ3n) is 0. The molecule has 0 aliphatic heterocycles. The van der Waals surface area contributed by atoms with Crippen LogP contribution in [0.4, 0.5) is 0 Å². The van der Waals surface area contributed by atoms with Crippen LogP contribution in [0.15, 0.2) is 0 Å². The van der Waals surface area contributed by atoms with E-state index in [0.29, 0.717) is 0 Å². The molecule has 0 rings (SSSR count). The summed E-state index contributed by atoms with van der Waals surface area (Å²) in [6.07, 6.45) is 0. The molecule has 0 N–H and O–H groups in total. The van der Waals surface area contributed by atoms with E-state index in [1.54, 1.807) is 0 Å². The maximum atomic E-state index is 0. The molecule has 0 aromatic carbocycles. The molecule has 0 aliphatic rings. The van der Waals surface area contributed by atoms with Gasteiger partial charge in [0.25, 0.3) is 0 Å². The monoisotopic (exact) mass is 287 g/mol. The Hall–Kier alpha value is 3.27. The van der Waals surface area contributed by atoms with Crippen LogP contribution in [0.1, 0.15) is 0 Å². The summed E-state index contributed by atoms with van der Waals surface area (Å²) in [5.41, 5.74) is 0. The molecule has 0 unspecified atom stereocenters. The molecule has 6 heavy (non-hydrogen) atoms. The quantitative estimate of drug-likeness (QED) is 0.587. The van der Waals surface area contributed by atoms with Crippen LogP contribution in [-0.4, -0.2) is 0 Å². The largest absolute Gasteiger partial charge is 5.00 e. The zero-order valence-corrected chi connectivity index (χ0v) is 10.4. The van der Waals surface area contributed by atoms with Gasteiger partial charge < -0.3 is 13.5 Å². The van der Waals surface area contributed by atoms with E-state index in [2.05, 4.69) is 0 Å². The molecule has 0 aliphatic carbocycles. The summed E-state index contributed by atoms with van der Waals surface area (Å²) >= 11 is 0. The second kappa shape index (κ2) is 40.9. The first-order valence-corrected chi connectivity index (χ1v) is 0. The van der Waals surface area contributed by atoms with Crippen molar-refractivity contribution in [2.75, 3.05) is 0 Å². The minimum atomic E-state index is 0. The van der Waals surface area contributed by atoms with E-state index in [1.165, 1.54) is 0 Å². The molecule has 0 atom stereocenters. The predicted molar refractivity (Wildman–Crippen MR) is 7.37 cm³/mol. The zero-order valence-electron chi connectivity index (χ0n) is 2.64. The number of rotatable bonds is 0. The third kappa shape index (κ3) is 26.7. The Morgan fingerprint density at radius 1 is 0.333 bits per heavy atom. The van der Waals surface area contributed by atoms with Crippen molar-refractivity contribution in [3.05, 3.63) is 0 Å². The van der Waals surface area contributed by atoms with Gasteiger partial charge in [-0.15, -0.1) is 0 Å². The van der Waals surface area contributed by atoms with Crippen molar-refractivity contribution in [3.63, 3.8) is 0 Å². The Morgan fingerprint density at radius 2 is 0.333 bits per heavy atom. The topological polar surface area (TPSA) is 0 Å². The second-order valence-electron chi connectivity index (χ2n) is 0. The fourth-order valence-corrected chi connectivity index (χ4v) is 0. The van der Waals surface area contributed by atoms with Gasteiger partial charge in [-0.3, -0.25) is 0 Å². The van der Waals surface area contributed by atoms with Gasteiger partial charge in [-0.2, -0.15) is 0 Å². The minimum absolute atomic E-state index is 0. The van der Waals surface area contributed by atoms with Crippen molar-refractivity contribution < 1.29 is 92.8 Å². The van der Waals surface area contributed by atoms with Crippen molar-refractivity contribution in [1.29, 1.82) is 0 Å². The molecular weight excluding hydrogens is 287 g/mol. The fourth-order valence-electron chi connectivity index (χ4n) is 0. The Morgan fingerprint density at radius 3 is 0.333 bits per heavy atom. The van der Waals surface area contributed by atoms with Gasteiger partial charge in [-0.25, -0.2) is 0 Å². The minimum Gasteiger partial charge on any atom is -2.00 e. The zero-order chi connectivity index (χ0) is 0. The molecule has 0 aromatic heterocycles. The van der Waals surface area contributed by atoms with Crippen LogP contribution in [0.5, 0.6) is 0 Å². The molecule has 0 spiro atoms. The van der Waals surface area contributed by atoms with E-state index in [9.17, 15) is 0 Å². The van der Waals surface area contributed by atoms with Crippen molar-refractivity contribution in [3.8, 4) is 0 Å². The van der Waals surface area contributed by atoms with E-state index in [4.69, 9.17) is 0 Å². The first-order chi connectivity index (χ1) is 0. The van der Waals surface area contributed by atoms with Crippen LogP contribution in [0.3, 0.4) is 0 Å². The first-order valence-electron chi connectivity index (χ1n) is 0. The van der Waals surface area contributed by atoms with Gasteiger partial charge in [0.15, 0.2) is 0 Å². The van der Waals surface area contributed by atoms with Gasteiger partial charge in [0.2, 0.25) is 0 Å². The van der Waals surface area contributed by atoms with Gasteiger partial charge >= 0.3 is 92.8 Å². The molecule has 0 saturated heterocycles. The number of hydrogen-bond acceptors (Lipinski definition) is 0. The smallest absolute Gasteiger partial charge is 2.00 e. The Balaban J connectivity index is 0. The van der Waals surface area contributed by atoms with E-state index >= 15 is 0 Å². The van der Waals surface area contributed by atoms with Crippen LogP contribution in [-0.2, 0) is 106 Å². The van der Waals surface area contributed by atoms with E-state index in [0.717, 1.165) is 0 Å². The third-order valence-corrected chi connectivity index (χ3v) is 0. The molecule has 0 heterocycles. The van der Waals surface area contributed by atoms with Crippen molar-refractivity contribution in [1.82, 2.24) is 0 Å². The van der Waals surface area contributed by atoms with Gasteiger partial charge in [0, 0.05) is 0 Å². The summed E-state index contributed by atoms with van der Waals surface area (Å²) in [7, 11) is 0. The number of hydrogen-bond donors (Lipinski definition) is 0. The van der Waals surface area contributed by atoms with Crippen LogP contribution in [0, 0.1) is 0 Å². The van der Waals surface area contributed by atoms with E-state index in [-0.39, 0.29) is 106 Å². The average molecular weight is 287 g/mol. The maximum absolute atomic E-state index is 0. The Labute approximate surface area is 105 Å². The molecule has 6 heteroatoms. The SMILES string of the molecule is [S-2].[V+5].[V+5].[V+5].[V+5].[V+5]. The van der Waals surface area contributed by atoms with Gasteiger partial charge in [0.1, 0.15) is 0 Å². The van der Waals surface area contributed by atoms with Crippen molar-refractivity contribution in [2.24, 2.45) is 0 Å². The molecule has 0 aromatic rings. The second-order valence-corrected chi connectivity index (χ2v) is 0. The standard InChI is InChI=1S/S.5V/q-2;5*+5. The Kier molecular flexibility index (Phi) is 404. The van der Waals surface area contributed by atoms with Gasteiger partial charge in [0.05, 0.1) is 0 Å². The van der Waals surface area contributed by atoms with Crippen LogP contribution in [0.25, 0.3) is 0 Å². The summed E-state index contributed by atoms with van der Waals surface area (Å²) < 4.78 is 0. The fraction of sp³-hybridized carbons (Fsp3) is 0. The summed E-state index contributed by atoms with van der Waals surface area (Å²) in [5, 5.41) is 0. The molecule has 0 fully saturated rings. The molecule has 0 bridgehead atoms. The van der Waals surface area contributed by atoms with E-state index in [1.807, 2.05) is 0 Å². The van der Waals surface area contributed by atoms with Crippen molar-refractivity contribution >= 4 is 13.5 Å². The Bertz CT molecular complexity index is 3.90. The van der Waals surface area contributed by atoms with Gasteiger partial charge in [-0.1, -0.05) is 0 Å². The molecule has 0 nitrogen and oxygen atoms in total. The van der Waals surface area contributed by atoms with Crippen molar-refractivity contribution in [2.45, 2.75) is 0 Å². The molecule has 0 amide bonds. The summed E-state index contributed by atoms with van der Waals surface area (Å²) in [4.78, 5) is 0. The van der Waals surface area contributed by atoms with Crippen LogP contribution >= 0.6 is 0 Å². The molecule has 0 radical (unpaired) electrons. The van der Waals surface area contributed by atoms with Crippen LogP contribution in [0.2, 0.25) is 0 Å². The maximum Gasteiger partial charge on any atom is 5.00 e. The molecule has 8 valence electrons. The van der Waals surface area contributed by atoms with E-state index < -0.39 is 0 Å². The average Bonchev–Trinajstić information content (AvgIpc) is 0. The summed E-state index contributed by atoms with van der Waals surface area (Å²) in [6, 6.07) is 0. The first kappa shape index (κ1) is 59.3. The molecular formula is SV5+23. The van der Waals surface area contributed by atoms with Crippen LogP contribution < -0.4 is 0 Å². The predicted octanol–water partition coefficient (Wildman–Crippen LogP) is -0.0149. The molecule has 0 saturated carbocycles. The summed E-state index contributed by atoms with van der Waals surface area (Å²) in [6.45, 7) is 0. The summed E-state index contributed by atoms with van der Waals surface area (Å²) in [5.74, 6) is 0.